The Labute approximate surface area is 144 Å². The van der Waals surface area contributed by atoms with Gasteiger partial charge in [0.05, 0.1) is 11.4 Å². The number of amidine groups is 1. The van der Waals surface area contributed by atoms with Gasteiger partial charge in [0, 0.05) is 0 Å². The molecule has 25 heavy (non-hydrogen) atoms. The molecule has 3 nitrogen and oxygen atoms in total. The standard InChI is InChI=1S/C16H12ClF5N2O/c1-8-3-2-4-12(14(8)24-13(23)7-17)25-15-10(18)5-9(6-11(15)19)16(20,21)22/h2-6H,7H2,1H3,(H2,23,24). The molecule has 2 aromatic rings. The molecule has 0 aliphatic carbocycles. The van der Waals surface area contributed by atoms with Crippen molar-refractivity contribution in [2.24, 2.45) is 10.7 Å². The van der Waals surface area contributed by atoms with E-state index in [0.29, 0.717) is 5.56 Å². The smallest absolute Gasteiger partial charge is 0.416 e. The van der Waals surface area contributed by atoms with Crippen LogP contribution in [0.4, 0.5) is 27.6 Å². The van der Waals surface area contributed by atoms with Crippen LogP contribution in [-0.4, -0.2) is 11.7 Å². The molecule has 0 aliphatic heterocycles. The lowest BCUT2D eigenvalue weighted by Crippen LogP contribution is -2.12. The van der Waals surface area contributed by atoms with E-state index in [4.69, 9.17) is 22.1 Å². The molecule has 0 bridgehead atoms. The second-order valence-electron chi connectivity index (χ2n) is 5.03. The summed E-state index contributed by atoms with van der Waals surface area (Å²) in [7, 11) is 0. The van der Waals surface area contributed by atoms with Crippen LogP contribution in [-0.2, 0) is 6.18 Å². The number of rotatable bonds is 4. The minimum absolute atomic E-state index is 0.0363. The quantitative estimate of drug-likeness (QED) is 0.339. The number of nitrogens with zero attached hydrogens (tertiary/aromatic N) is 1. The Hall–Kier alpha value is -2.35. The Bertz CT molecular complexity index is 798. The van der Waals surface area contributed by atoms with Gasteiger partial charge in [-0.3, -0.25) is 0 Å². The van der Waals surface area contributed by atoms with Crippen molar-refractivity contribution in [3.8, 4) is 11.5 Å². The van der Waals surface area contributed by atoms with Gasteiger partial charge in [0.1, 0.15) is 11.5 Å². The third-order valence-corrected chi connectivity index (χ3v) is 3.40. The first kappa shape index (κ1) is 19.0. The molecule has 2 N–H and O–H groups in total. The predicted octanol–water partition coefficient (Wildman–Crippen LogP) is 5.31. The molecule has 9 heteroatoms. The zero-order chi connectivity index (χ0) is 18.8. The first-order valence-electron chi connectivity index (χ1n) is 6.86. The number of halogens is 6. The normalized spacial score (nSPS) is 12.4. The highest BCUT2D eigenvalue weighted by molar-refractivity contribution is 6.28. The molecule has 134 valence electrons. The van der Waals surface area contributed by atoms with Crippen molar-refractivity contribution in [3.05, 3.63) is 53.1 Å². The average Bonchev–Trinajstić information content (AvgIpc) is 2.52. The molecule has 0 spiro atoms. The zero-order valence-electron chi connectivity index (χ0n) is 12.8. The van der Waals surface area contributed by atoms with Crippen LogP contribution in [0, 0.1) is 18.6 Å². The van der Waals surface area contributed by atoms with Crippen LogP contribution in [0.15, 0.2) is 35.3 Å². The van der Waals surface area contributed by atoms with E-state index in [9.17, 15) is 22.0 Å². The highest BCUT2D eigenvalue weighted by Gasteiger charge is 2.33. The van der Waals surface area contributed by atoms with Gasteiger partial charge in [-0.25, -0.2) is 13.8 Å². The zero-order valence-corrected chi connectivity index (χ0v) is 13.6. The molecule has 0 amide bonds. The fraction of sp³-hybridized carbons (Fsp3) is 0.188. The van der Waals surface area contributed by atoms with Crippen LogP contribution in [0.1, 0.15) is 11.1 Å². The van der Waals surface area contributed by atoms with E-state index < -0.39 is 29.1 Å². The Balaban J connectivity index is 2.50. The van der Waals surface area contributed by atoms with E-state index in [0.717, 1.165) is 0 Å². The fourth-order valence-corrected chi connectivity index (χ4v) is 2.02. The molecule has 0 fully saturated rings. The first-order chi connectivity index (χ1) is 11.6. The Kier molecular flexibility index (Phi) is 5.52. The predicted molar refractivity (Wildman–Crippen MR) is 84.6 cm³/mol. The molecule has 2 aromatic carbocycles. The number of para-hydroxylation sites is 1. The van der Waals surface area contributed by atoms with E-state index in [1.54, 1.807) is 13.0 Å². The molecule has 0 aliphatic rings. The van der Waals surface area contributed by atoms with Crippen LogP contribution < -0.4 is 10.5 Å². The number of nitrogens with two attached hydrogens (primary N) is 1. The second-order valence-corrected chi connectivity index (χ2v) is 5.29. The summed E-state index contributed by atoms with van der Waals surface area (Å²) in [6.07, 6.45) is -4.88. The summed E-state index contributed by atoms with van der Waals surface area (Å²) in [5.41, 5.74) is 4.83. The lowest BCUT2D eigenvalue weighted by atomic mass is 10.1. The number of aliphatic imine (C=N–C) groups is 1. The minimum atomic E-state index is -4.88. The third-order valence-electron chi connectivity index (χ3n) is 3.13. The molecule has 0 aromatic heterocycles. The number of hydrogen-bond donors (Lipinski definition) is 1. The number of benzene rings is 2. The van der Waals surface area contributed by atoms with Gasteiger partial charge < -0.3 is 10.5 Å². The van der Waals surface area contributed by atoms with Gasteiger partial charge in [-0.05, 0) is 30.7 Å². The fourth-order valence-electron chi connectivity index (χ4n) is 1.96. The van der Waals surface area contributed by atoms with Gasteiger partial charge in [-0.15, -0.1) is 11.6 Å². The largest absolute Gasteiger partial charge is 0.449 e. The van der Waals surface area contributed by atoms with E-state index in [-0.39, 0.29) is 35.3 Å². The van der Waals surface area contributed by atoms with Crippen LogP contribution in [0.5, 0.6) is 11.5 Å². The summed E-state index contributed by atoms with van der Waals surface area (Å²) in [6, 6.07) is 4.84. The van der Waals surface area contributed by atoms with E-state index in [1.165, 1.54) is 12.1 Å². The summed E-state index contributed by atoms with van der Waals surface area (Å²) in [5.74, 6) is -4.08. The van der Waals surface area contributed by atoms with Gasteiger partial charge in [0.2, 0.25) is 0 Å². The molecule has 0 heterocycles. The number of hydrogen-bond acceptors (Lipinski definition) is 2. The van der Waals surface area contributed by atoms with Gasteiger partial charge in [-0.1, -0.05) is 12.1 Å². The molecule has 0 saturated heterocycles. The molecule has 0 unspecified atom stereocenters. The van der Waals surface area contributed by atoms with Crippen molar-refractivity contribution >= 4 is 23.1 Å². The van der Waals surface area contributed by atoms with Gasteiger partial charge in [0.25, 0.3) is 0 Å². The van der Waals surface area contributed by atoms with Crippen molar-refractivity contribution in [2.45, 2.75) is 13.1 Å². The summed E-state index contributed by atoms with van der Waals surface area (Å²) in [4.78, 5) is 4.00. The highest BCUT2D eigenvalue weighted by atomic mass is 35.5. The lowest BCUT2D eigenvalue weighted by Gasteiger charge is -2.14. The number of ether oxygens (including phenoxy) is 1. The average molecular weight is 379 g/mol. The van der Waals surface area contributed by atoms with Crippen molar-refractivity contribution in [1.29, 1.82) is 0 Å². The number of aryl methyl sites for hydroxylation is 1. The Morgan fingerprint density at radius 1 is 1.20 bits per heavy atom. The van der Waals surface area contributed by atoms with Crippen molar-refractivity contribution in [2.75, 3.05) is 5.88 Å². The Morgan fingerprint density at radius 3 is 2.32 bits per heavy atom. The van der Waals surface area contributed by atoms with E-state index >= 15 is 0 Å². The van der Waals surface area contributed by atoms with Crippen molar-refractivity contribution < 1.29 is 26.7 Å². The molecule has 0 radical (unpaired) electrons. The van der Waals surface area contributed by atoms with Crippen molar-refractivity contribution in [1.82, 2.24) is 0 Å². The first-order valence-corrected chi connectivity index (χ1v) is 7.39. The van der Waals surface area contributed by atoms with E-state index in [1.807, 2.05) is 0 Å². The second kappa shape index (κ2) is 7.26. The summed E-state index contributed by atoms with van der Waals surface area (Å²) < 4.78 is 70.8. The molecule has 2 rings (SSSR count). The van der Waals surface area contributed by atoms with E-state index in [2.05, 4.69) is 4.99 Å². The minimum Gasteiger partial charge on any atom is -0.449 e. The molecule has 0 atom stereocenters. The van der Waals surface area contributed by atoms with Crippen molar-refractivity contribution in [3.63, 3.8) is 0 Å². The molecule has 0 saturated carbocycles. The maximum Gasteiger partial charge on any atom is 0.416 e. The van der Waals surface area contributed by atoms with Crippen LogP contribution in [0.2, 0.25) is 0 Å². The number of alkyl halides is 4. The van der Waals surface area contributed by atoms with Gasteiger partial charge in [0.15, 0.2) is 23.1 Å². The third kappa shape index (κ3) is 4.39. The Morgan fingerprint density at radius 2 is 1.80 bits per heavy atom. The topological polar surface area (TPSA) is 47.6 Å². The molecular formula is C16H12ClF5N2O. The maximum atomic E-state index is 13.9. The van der Waals surface area contributed by atoms with Crippen LogP contribution >= 0.6 is 11.6 Å². The van der Waals surface area contributed by atoms with Gasteiger partial charge in [-0.2, -0.15) is 13.2 Å². The summed E-state index contributed by atoms with van der Waals surface area (Å²) in [6.45, 7) is 1.65. The van der Waals surface area contributed by atoms with Crippen LogP contribution in [0.3, 0.4) is 0 Å². The maximum absolute atomic E-state index is 13.9. The summed E-state index contributed by atoms with van der Waals surface area (Å²) >= 11 is 5.55. The highest BCUT2D eigenvalue weighted by Crippen LogP contribution is 2.39. The lowest BCUT2D eigenvalue weighted by molar-refractivity contribution is -0.138. The van der Waals surface area contributed by atoms with Crippen LogP contribution in [0.25, 0.3) is 0 Å². The summed E-state index contributed by atoms with van der Waals surface area (Å²) in [5, 5.41) is 0. The SMILES string of the molecule is Cc1cccc(Oc2c(F)cc(C(F)(F)F)cc2F)c1N=C(N)CCl. The monoisotopic (exact) mass is 378 g/mol. The van der Waals surface area contributed by atoms with Gasteiger partial charge >= 0.3 is 6.18 Å². The molecular weight excluding hydrogens is 367 g/mol.